The Morgan fingerprint density at radius 1 is 1.33 bits per heavy atom. The van der Waals surface area contributed by atoms with Gasteiger partial charge < -0.3 is 15.8 Å². The van der Waals surface area contributed by atoms with Crippen LogP contribution >= 0.6 is 0 Å². The second-order valence-electron chi connectivity index (χ2n) is 9.30. The second kappa shape index (κ2) is 8.74. The predicted molar refractivity (Wildman–Crippen MR) is 123 cm³/mol. The number of amides is 1. The topological polar surface area (TPSA) is 81.6 Å². The third kappa shape index (κ3) is 4.71. The molecule has 0 bridgehead atoms. The summed E-state index contributed by atoms with van der Waals surface area (Å²) in [5.74, 6) is -0.961. The van der Waals surface area contributed by atoms with Crippen molar-refractivity contribution < 1.29 is 18.3 Å². The fourth-order valence-corrected chi connectivity index (χ4v) is 3.84. The minimum atomic E-state index is -0.638. The van der Waals surface area contributed by atoms with Gasteiger partial charge in [0.2, 0.25) is 0 Å². The largest absolute Gasteiger partial charge is 0.485 e. The highest BCUT2D eigenvalue weighted by molar-refractivity contribution is 5.95. The zero-order valence-electron chi connectivity index (χ0n) is 19.5. The van der Waals surface area contributed by atoms with Crippen LogP contribution in [0.5, 0.6) is 5.75 Å². The van der Waals surface area contributed by atoms with Crippen molar-refractivity contribution in [2.45, 2.75) is 65.0 Å². The van der Waals surface area contributed by atoms with Crippen LogP contribution in [-0.4, -0.2) is 27.4 Å². The summed E-state index contributed by atoms with van der Waals surface area (Å²) in [5, 5.41) is 2.88. The van der Waals surface area contributed by atoms with Gasteiger partial charge in [0.25, 0.3) is 5.91 Å². The van der Waals surface area contributed by atoms with Crippen LogP contribution in [0.25, 0.3) is 5.65 Å². The molecule has 1 atom stereocenters. The van der Waals surface area contributed by atoms with Crippen molar-refractivity contribution in [2.24, 2.45) is 5.73 Å². The lowest BCUT2D eigenvalue weighted by atomic mass is 10.0. The Morgan fingerprint density at radius 2 is 2.06 bits per heavy atom. The number of nitrogens with two attached hydrogens (primary N) is 1. The van der Waals surface area contributed by atoms with Crippen molar-refractivity contribution >= 4 is 11.6 Å². The first-order valence-corrected chi connectivity index (χ1v) is 11.3. The van der Waals surface area contributed by atoms with Crippen LogP contribution in [0.2, 0.25) is 0 Å². The summed E-state index contributed by atoms with van der Waals surface area (Å²) in [6.45, 7) is 7.48. The zero-order chi connectivity index (χ0) is 23.9. The lowest BCUT2D eigenvalue weighted by Gasteiger charge is -2.22. The van der Waals surface area contributed by atoms with Crippen LogP contribution in [0.3, 0.4) is 0 Å². The molecule has 1 aliphatic rings. The summed E-state index contributed by atoms with van der Waals surface area (Å²) in [4.78, 5) is 17.4. The molecular formula is C25H30F2N4O2. The van der Waals surface area contributed by atoms with Crippen molar-refractivity contribution in [2.75, 3.05) is 6.54 Å². The quantitative estimate of drug-likeness (QED) is 0.521. The second-order valence-corrected chi connectivity index (χ2v) is 9.30. The molecule has 1 fully saturated rings. The highest BCUT2D eigenvalue weighted by Crippen LogP contribution is 2.42. The Kier molecular flexibility index (Phi) is 6.14. The van der Waals surface area contributed by atoms with Gasteiger partial charge in [-0.15, -0.1) is 0 Å². The maximum atomic E-state index is 14.9. The van der Waals surface area contributed by atoms with E-state index < -0.39 is 17.2 Å². The summed E-state index contributed by atoms with van der Waals surface area (Å²) >= 11 is 0. The van der Waals surface area contributed by atoms with E-state index in [9.17, 15) is 13.6 Å². The molecule has 6 nitrogen and oxygen atoms in total. The first kappa shape index (κ1) is 23.2. The molecule has 3 N–H and O–H groups in total. The van der Waals surface area contributed by atoms with E-state index in [4.69, 9.17) is 10.5 Å². The molecule has 0 saturated heterocycles. The summed E-state index contributed by atoms with van der Waals surface area (Å²) in [5.41, 5.74) is 8.20. The van der Waals surface area contributed by atoms with Crippen molar-refractivity contribution in [3.05, 3.63) is 64.1 Å². The molecule has 8 heteroatoms. The average molecular weight is 457 g/mol. The number of fused-ring (bicyclic) bond motifs is 1. The van der Waals surface area contributed by atoms with Gasteiger partial charge in [-0.3, -0.25) is 9.20 Å². The monoisotopic (exact) mass is 456 g/mol. The number of nitrogens with one attached hydrogen (secondary N) is 1. The maximum absolute atomic E-state index is 14.9. The van der Waals surface area contributed by atoms with Gasteiger partial charge in [-0.1, -0.05) is 13.0 Å². The van der Waals surface area contributed by atoms with E-state index in [1.807, 2.05) is 20.8 Å². The van der Waals surface area contributed by atoms with Crippen LogP contribution in [0.15, 0.2) is 24.4 Å². The molecule has 1 aliphatic carbocycles. The number of aryl methyl sites for hydroxylation is 2. The lowest BCUT2D eigenvalue weighted by molar-refractivity contribution is 0.0937. The number of hydrogen-bond donors (Lipinski definition) is 2. The number of halogens is 2. The van der Waals surface area contributed by atoms with Gasteiger partial charge >= 0.3 is 0 Å². The number of aromatic nitrogens is 2. The Bertz CT molecular complexity index is 1220. The molecule has 1 unspecified atom stereocenters. The highest BCUT2D eigenvalue weighted by atomic mass is 19.1. The first-order chi connectivity index (χ1) is 15.6. The number of rotatable bonds is 8. The third-order valence-electron chi connectivity index (χ3n) is 6.28. The molecule has 2 aromatic heterocycles. The number of ether oxygens (including phenoxy) is 1. The number of pyridine rings is 1. The number of imidazole rings is 1. The van der Waals surface area contributed by atoms with Crippen molar-refractivity contribution in [1.29, 1.82) is 0 Å². The fourth-order valence-electron chi connectivity index (χ4n) is 3.84. The number of benzene rings is 1. The van der Waals surface area contributed by atoms with E-state index in [1.165, 1.54) is 12.1 Å². The van der Waals surface area contributed by atoms with Gasteiger partial charge in [0, 0.05) is 18.3 Å². The Morgan fingerprint density at radius 3 is 2.73 bits per heavy atom. The third-order valence-corrected chi connectivity index (χ3v) is 6.28. The minimum absolute atomic E-state index is 0.0953. The zero-order valence-corrected chi connectivity index (χ0v) is 19.5. The predicted octanol–water partition coefficient (Wildman–Crippen LogP) is 4.54. The Labute approximate surface area is 192 Å². The van der Waals surface area contributed by atoms with Crippen LogP contribution in [0.1, 0.15) is 71.9 Å². The lowest BCUT2D eigenvalue weighted by Crippen LogP contribution is -2.47. The SMILES string of the molecule is CCC(C)(N)CNC(=O)c1c(C)nc2c(OCc3c(F)ccc(C4CC4)c3F)cc(C)cn12. The van der Waals surface area contributed by atoms with Crippen molar-refractivity contribution in [3.8, 4) is 5.75 Å². The molecule has 0 spiro atoms. The van der Waals surface area contributed by atoms with Gasteiger partial charge in [-0.05, 0) is 69.2 Å². The standard InChI is InChI=1S/C25H30F2N4O2/c1-5-25(4,28)13-29-24(32)22-15(3)30-23-20(10-14(2)11-31(22)23)33-12-18-19(26)9-8-17(21(18)27)16-6-7-16/h8-11,16H,5-7,12-13,28H2,1-4H3,(H,29,32). The van der Waals surface area contributed by atoms with E-state index in [2.05, 4.69) is 10.3 Å². The van der Waals surface area contributed by atoms with E-state index in [0.29, 0.717) is 41.3 Å². The van der Waals surface area contributed by atoms with Crippen LogP contribution in [0.4, 0.5) is 8.78 Å². The summed E-state index contributed by atoms with van der Waals surface area (Å²) in [7, 11) is 0. The first-order valence-electron chi connectivity index (χ1n) is 11.3. The minimum Gasteiger partial charge on any atom is -0.485 e. The molecule has 2 heterocycles. The number of hydrogen-bond acceptors (Lipinski definition) is 4. The van der Waals surface area contributed by atoms with Crippen molar-refractivity contribution in [3.63, 3.8) is 0 Å². The van der Waals surface area contributed by atoms with Gasteiger partial charge in [-0.2, -0.15) is 0 Å². The Hall–Kier alpha value is -3.00. The molecule has 1 amide bonds. The normalized spacial score (nSPS) is 15.5. The van der Waals surface area contributed by atoms with Gasteiger partial charge in [0.1, 0.15) is 23.9 Å². The van der Waals surface area contributed by atoms with Gasteiger partial charge in [0.05, 0.1) is 11.3 Å². The molecule has 1 aromatic carbocycles. The number of carbonyl (C=O) groups excluding carboxylic acids is 1. The molecule has 1 saturated carbocycles. The molecule has 0 aliphatic heterocycles. The van der Waals surface area contributed by atoms with Gasteiger partial charge in [-0.25, -0.2) is 13.8 Å². The number of carbonyl (C=O) groups is 1. The molecule has 3 aromatic rings. The Balaban J connectivity index is 1.63. The van der Waals surface area contributed by atoms with E-state index in [-0.39, 0.29) is 24.0 Å². The van der Waals surface area contributed by atoms with Crippen LogP contribution < -0.4 is 15.8 Å². The summed E-state index contributed by atoms with van der Waals surface area (Å²) < 4.78 is 36.8. The highest BCUT2D eigenvalue weighted by Gasteiger charge is 2.29. The molecular weight excluding hydrogens is 426 g/mol. The number of nitrogens with zero attached hydrogens (tertiary/aromatic N) is 2. The molecule has 33 heavy (non-hydrogen) atoms. The summed E-state index contributed by atoms with van der Waals surface area (Å²) in [6, 6.07) is 4.56. The van der Waals surface area contributed by atoms with Crippen molar-refractivity contribution in [1.82, 2.24) is 14.7 Å². The summed E-state index contributed by atoms with van der Waals surface area (Å²) in [6.07, 6.45) is 4.33. The molecule has 176 valence electrons. The fraction of sp³-hybridized carbons (Fsp3) is 0.440. The van der Waals surface area contributed by atoms with E-state index in [0.717, 1.165) is 18.4 Å². The average Bonchev–Trinajstić information content (AvgIpc) is 3.54. The van der Waals surface area contributed by atoms with E-state index >= 15 is 0 Å². The molecule has 4 rings (SSSR count). The molecule has 0 radical (unpaired) electrons. The van der Waals surface area contributed by atoms with Crippen LogP contribution in [0, 0.1) is 25.5 Å². The van der Waals surface area contributed by atoms with E-state index in [1.54, 1.807) is 23.6 Å². The van der Waals surface area contributed by atoms with Crippen LogP contribution in [-0.2, 0) is 6.61 Å². The maximum Gasteiger partial charge on any atom is 0.270 e. The van der Waals surface area contributed by atoms with Gasteiger partial charge in [0.15, 0.2) is 11.4 Å². The smallest absolute Gasteiger partial charge is 0.270 e.